The number of nitrogens with zero attached hydrogens (tertiary/aromatic N) is 2. The third-order valence-corrected chi connectivity index (χ3v) is 8.91. The van der Waals surface area contributed by atoms with Crippen molar-refractivity contribution in [1.82, 2.24) is 4.90 Å². The molecular formula is C30H37N3O3. The van der Waals surface area contributed by atoms with E-state index in [1.807, 2.05) is 6.08 Å². The molecule has 0 saturated carbocycles. The number of aliphatic hydroxyl groups excluding tert-OH is 1. The number of para-hydroxylation sites is 1. The van der Waals surface area contributed by atoms with Gasteiger partial charge in [0, 0.05) is 48.1 Å². The van der Waals surface area contributed by atoms with Gasteiger partial charge >= 0.3 is 0 Å². The Hall–Kier alpha value is -2.83. The average molecular weight is 488 g/mol. The number of piperidine rings is 1. The van der Waals surface area contributed by atoms with Crippen LogP contribution in [-0.2, 0) is 18.3 Å². The number of likely N-dealkylation sites (tertiary alicyclic amines) is 1. The lowest BCUT2D eigenvalue weighted by Crippen LogP contribution is -2.65. The van der Waals surface area contributed by atoms with Crippen LogP contribution in [0.3, 0.4) is 0 Å². The van der Waals surface area contributed by atoms with Crippen molar-refractivity contribution in [3.05, 3.63) is 65.2 Å². The number of rotatable bonds is 7. The van der Waals surface area contributed by atoms with E-state index in [1.165, 1.54) is 11.1 Å². The number of anilines is 1. The zero-order valence-electron chi connectivity index (χ0n) is 21.3. The van der Waals surface area contributed by atoms with E-state index in [0.29, 0.717) is 11.8 Å². The molecule has 2 heterocycles. The van der Waals surface area contributed by atoms with E-state index in [9.17, 15) is 10.2 Å². The van der Waals surface area contributed by atoms with Gasteiger partial charge in [0.2, 0.25) is 0 Å². The molecule has 2 aromatic carbocycles. The number of aliphatic imine (C=N–C) groups is 1. The molecule has 0 aromatic heterocycles. The Morgan fingerprint density at radius 2 is 2.06 bits per heavy atom. The summed E-state index contributed by atoms with van der Waals surface area (Å²) in [6, 6.07) is 12.7. The third kappa shape index (κ3) is 3.57. The van der Waals surface area contributed by atoms with Gasteiger partial charge < -0.3 is 20.3 Å². The molecule has 6 rings (SSSR count). The summed E-state index contributed by atoms with van der Waals surface area (Å²) < 4.78 is 6.26. The quantitative estimate of drug-likeness (QED) is 0.233. The number of phenolic OH excluding ortho intramolecular Hbond substituents is 1. The van der Waals surface area contributed by atoms with Crippen molar-refractivity contribution in [3.63, 3.8) is 0 Å². The Kier molecular flexibility index (Phi) is 6.05. The zero-order chi connectivity index (χ0) is 24.9. The molecule has 2 aromatic rings. The van der Waals surface area contributed by atoms with Crippen molar-refractivity contribution in [3.8, 4) is 11.5 Å². The molecule has 2 unspecified atom stereocenters. The van der Waals surface area contributed by atoms with Gasteiger partial charge in [0.25, 0.3) is 0 Å². The van der Waals surface area contributed by atoms with Crippen LogP contribution in [0.25, 0.3) is 0 Å². The maximum atomic E-state index is 10.8. The molecule has 36 heavy (non-hydrogen) atoms. The van der Waals surface area contributed by atoms with Crippen molar-refractivity contribution in [2.75, 3.05) is 25.0 Å². The smallest absolute Gasteiger partial charge is 0.165 e. The van der Waals surface area contributed by atoms with Crippen LogP contribution < -0.4 is 10.1 Å². The van der Waals surface area contributed by atoms with E-state index in [4.69, 9.17) is 9.73 Å². The Balaban J connectivity index is 1.17. The number of aliphatic hydroxyl groups is 1. The van der Waals surface area contributed by atoms with Crippen LogP contribution >= 0.6 is 0 Å². The van der Waals surface area contributed by atoms with Gasteiger partial charge in [-0.3, -0.25) is 9.89 Å². The van der Waals surface area contributed by atoms with E-state index >= 15 is 0 Å². The lowest BCUT2D eigenvalue weighted by Gasteiger charge is -2.57. The van der Waals surface area contributed by atoms with Crippen LogP contribution in [0.15, 0.2) is 53.5 Å². The van der Waals surface area contributed by atoms with Crippen LogP contribution in [0.1, 0.15) is 49.8 Å². The van der Waals surface area contributed by atoms with Crippen molar-refractivity contribution in [2.24, 2.45) is 10.9 Å². The van der Waals surface area contributed by atoms with Gasteiger partial charge in [0.1, 0.15) is 18.0 Å². The molecule has 1 saturated heterocycles. The van der Waals surface area contributed by atoms with E-state index in [0.717, 1.165) is 68.8 Å². The normalized spacial score (nSPS) is 30.1. The first-order valence-corrected chi connectivity index (χ1v) is 13.6. The van der Waals surface area contributed by atoms with Gasteiger partial charge in [-0.05, 0) is 55.5 Å². The second-order valence-corrected chi connectivity index (χ2v) is 10.7. The van der Waals surface area contributed by atoms with Crippen molar-refractivity contribution >= 4 is 11.5 Å². The van der Waals surface area contributed by atoms with Crippen LogP contribution in [0, 0.1) is 5.92 Å². The number of hydrogen-bond acceptors (Lipinski definition) is 5. The minimum absolute atomic E-state index is 0.198. The average Bonchev–Trinajstić information content (AvgIpc) is 3.25. The molecule has 0 radical (unpaired) electrons. The largest absolute Gasteiger partial charge is 0.504 e. The topological polar surface area (TPSA) is 77.3 Å². The van der Waals surface area contributed by atoms with Gasteiger partial charge in [-0.15, -0.1) is 0 Å². The summed E-state index contributed by atoms with van der Waals surface area (Å²) in [5.41, 5.74) is 4.67. The number of aromatic hydroxyl groups is 1. The van der Waals surface area contributed by atoms with Gasteiger partial charge in [-0.1, -0.05) is 50.3 Å². The predicted octanol–water partition coefficient (Wildman–Crippen LogP) is 4.44. The van der Waals surface area contributed by atoms with Gasteiger partial charge in [-0.2, -0.15) is 0 Å². The summed E-state index contributed by atoms with van der Waals surface area (Å²) in [6.45, 7) is 7.12. The standard InChI is InChI=1S/C30H37N3O3/c1-3-19-8-5-6-9-22(19)32-26(4-2)31-15-7-16-33-17-14-30-21-11-13-25(35)29(30)36-28-24(34)12-10-20(27(28)30)18-23(21)33/h5-6,8-13,21,23,25,29,34-35H,3-4,7,14-18H2,1-2H3,(H,31,32)/t21?,23-,25+,29+,30?/m1/s1. The second-order valence-electron chi connectivity index (χ2n) is 10.7. The Bertz CT molecular complexity index is 1210. The summed E-state index contributed by atoms with van der Waals surface area (Å²) in [5.74, 6) is 2.14. The number of amidine groups is 1. The number of aryl methyl sites for hydroxylation is 1. The summed E-state index contributed by atoms with van der Waals surface area (Å²) in [5, 5.41) is 24.9. The number of nitrogens with one attached hydrogen (secondary N) is 1. The van der Waals surface area contributed by atoms with Gasteiger partial charge in [0.15, 0.2) is 11.5 Å². The molecule has 6 heteroatoms. The minimum Gasteiger partial charge on any atom is -0.504 e. The fourth-order valence-corrected chi connectivity index (χ4v) is 7.24. The molecule has 2 aliphatic carbocycles. The molecule has 2 aliphatic heterocycles. The maximum absolute atomic E-state index is 10.8. The maximum Gasteiger partial charge on any atom is 0.165 e. The fraction of sp³-hybridized carbons (Fsp3) is 0.500. The third-order valence-electron chi connectivity index (χ3n) is 8.91. The minimum atomic E-state index is -0.640. The molecule has 190 valence electrons. The van der Waals surface area contributed by atoms with Crippen LogP contribution in [0.5, 0.6) is 11.5 Å². The molecule has 1 fully saturated rings. The Morgan fingerprint density at radius 3 is 2.89 bits per heavy atom. The SMILES string of the molecule is CCC(=NCCCN1CCC23c4c5ccc(O)c4O[C@H]2[C@@H](O)C=CC3[C@H]1C5)Nc1ccccc1CC. The molecular weight excluding hydrogens is 450 g/mol. The highest BCUT2D eigenvalue weighted by molar-refractivity contribution is 5.95. The number of benzene rings is 2. The van der Waals surface area contributed by atoms with E-state index in [2.05, 4.69) is 60.5 Å². The van der Waals surface area contributed by atoms with E-state index < -0.39 is 6.10 Å². The molecule has 1 spiro atoms. The van der Waals surface area contributed by atoms with E-state index in [-0.39, 0.29) is 23.2 Å². The lowest BCUT2D eigenvalue weighted by atomic mass is 9.53. The number of phenols is 1. The van der Waals surface area contributed by atoms with E-state index in [1.54, 1.807) is 6.07 Å². The summed E-state index contributed by atoms with van der Waals surface area (Å²) in [6.07, 6.45) is 7.97. The molecule has 6 nitrogen and oxygen atoms in total. The molecule has 0 amide bonds. The highest BCUT2D eigenvalue weighted by Crippen LogP contribution is 2.62. The van der Waals surface area contributed by atoms with Gasteiger partial charge in [-0.25, -0.2) is 0 Å². The van der Waals surface area contributed by atoms with Crippen LogP contribution in [-0.4, -0.2) is 58.8 Å². The predicted molar refractivity (Wildman–Crippen MR) is 143 cm³/mol. The Labute approximate surface area is 213 Å². The number of ether oxygens (including phenoxy) is 1. The number of hydrogen-bond donors (Lipinski definition) is 3. The van der Waals surface area contributed by atoms with Gasteiger partial charge in [0.05, 0.1) is 0 Å². The van der Waals surface area contributed by atoms with Crippen molar-refractivity contribution < 1.29 is 14.9 Å². The van der Waals surface area contributed by atoms with Crippen LogP contribution in [0.4, 0.5) is 5.69 Å². The summed E-state index contributed by atoms with van der Waals surface area (Å²) in [7, 11) is 0. The molecule has 3 N–H and O–H groups in total. The lowest BCUT2D eigenvalue weighted by molar-refractivity contribution is -0.0516. The first-order chi connectivity index (χ1) is 17.6. The second kappa shape index (κ2) is 9.24. The molecule has 5 atom stereocenters. The monoisotopic (exact) mass is 487 g/mol. The zero-order valence-corrected chi connectivity index (χ0v) is 21.3. The molecule has 4 aliphatic rings. The first kappa shape index (κ1) is 23.6. The van der Waals surface area contributed by atoms with Crippen molar-refractivity contribution in [1.29, 1.82) is 0 Å². The van der Waals surface area contributed by atoms with Crippen molar-refractivity contribution in [2.45, 2.75) is 69.6 Å². The Morgan fingerprint density at radius 1 is 1.19 bits per heavy atom. The highest BCUT2D eigenvalue weighted by atomic mass is 16.5. The summed E-state index contributed by atoms with van der Waals surface area (Å²) >= 11 is 0. The van der Waals surface area contributed by atoms with Crippen LogP contribution in [0.2, 0.25) is 0 Å². The first-order valence-electron chi connectivity index (χ1n) is 13.6. The molecule has 2 bridgehead atoms. The summed E-state index contributed by atoms with van der Waals surface area (Å²) in [4.78, 5) is 7.55. The highest BCUT2D eigenvalue weighted by Gasteiger charge is 2.64. The fourth-order valence-electron chi connectivity index (χ4n) is 7.24.